The van der Waals surface area contributed by atoms with Gasteiger partial charge in [-0.05, 0) is 32.2 Å². The van der Waals surface area contributed by atoms with Crippen molar-refractivity contribution in [3.63, 3.8) is 0 Å². The van der Waals surface area contributed by atoms with E-state index in [1.54, 1.807) is 24.0 Å². The van der Waals surface area contributed by atoms with Crippen molar-refractivity contribution in [2.75, 3.05) is 52.3 Å². The van der Waals surface area contributed by atoms with Gasteiger partial charge < -0.3 is 29.7 Å². The molecular weight excluding hydrogens is 429 g/mol. The second kappa shape index (κ2) is 9.45. The molecule has 4 rings (SSSR count). The van der Waals surface area contributed by atoms with Crippen molar-refractivity contribution in [3.8, 4) is 17.2 Å². The van der Waals surface area contributed by atoms with Crippen molar-refractivity contribution in [2.24, 2.45) is 0 Å². The van der Waals surface area contributed by atoms with E-state index in [2.05, 4.69) is 20.2 Å². The highest BCUT2D eigenvalue weighted by Gasteiger charge is 2.21. The average molecular weight is 455 g/mol. The van der Waals surface area contributed by atoms with Crippen LogP contribution in [0.25, 0.3) is 10.9 Å². The predicted octanol–water partition coefficient (Wildman–Crippen LogP) is 2.69. The molecular formula is C23H26FN5O4. The molecule has 174 valence electrons. The summed E-state index contributed by atoms with van der Waals surface area (Å²) in [6, 6.07) is 5.80. The highest BCUT2D eigenvalue weighted by molar-refractivity contribution is 5.93. The van der Waals surface area contributed by atoms with Crippen molar-refractivity contribution < 1.29 is 23.8 Å². The molecule has 1 saturated heterocycles. The van der Waals surface area contributed by atoms with Gasteiger partial charge in [0.05, 0.1) is 18.3 Å². The van der Waals surface area contributed by atoms with Crippen LogP contribution in [0.5, 0.6) is 17.2 Å². The van der Waals surface area contributed by atoms with Crippen LogP contribution in [-0.2, 0) is 4.79 Å². The van der Waals surface area contributed by atoms with Crippen molar-refractivity contribution in [1.82, 2.24) is 19.8 Å². The molecule has 1 amide bonds. The first-order valence-corrected chi connectivity index (χ1v) is 10.5. The zero-order valence-electron chi connectivity index (χ0n) is 18.8. The topological polar surface area (TPSA) is 100 Å². The predicted molar refractivity (Wildman–Crippen MR) is 122 cm³/mol. The molecule has 0 bridgehead atoms. The number of carbonyl (C=O) groups is 1. The first-order chi connectivity index (χ1) is 15.9. The van der Waals surface area contributed by atoms with E-state index >= 15 is 0 Å². The molecule has 2 heterocycles. The quantitative estimate of drug-likeness (QED) is 0.585. The fourth-order valence-corrected chi connectivity index (χ4v) is 3.66. The van der Waals surface area contributed by atoms with Gasteiger partial charge in [-0.2, -0.15) is 0 Å². The number of nitrogens with zero attached hydrogens (tertiary/aromatic N) is 4. The van der Waals surface area contributed by atoms with Crippen LogP contribution >= 0.6 is 0 Å². The summed E-state index contributed by atoms with van der Waals surface area (Å²) in [4.78, 5) is 25.0. The number of fused-ring (bicyclic) bond motifs is 1. The van der Waals surface area contributed by atoms with E-state index in [1.807, 2.05) is 7.05 Å². The van der Waals surface area contributed by atoms with Gasteiger partial charge in [0.25, 0.3) is 5.91 Å². The van der Waals surface area contributed by atoms with E-state index in [0.717, 1.165) is 13.1 Å². The molecule has 0 aliphatic carbocycles. The number of carbonyl (C=O) groups excluding carboxylic acids is 1. The summed E-state index contributed by atoms with van der Waals surface area (Å²) in [6.07, 6.45) is 1.34. The third-order valence-electron chi connectivity index (χ3n) is 5.76. The number of benzene rings is 2. The van der Waals surface area contributed by atoms with Gasteiger partial charge in [-0.25, -0.2) is 14.4 Å². The minimum atomic E-state index is -0.522. The summed E-state index contributed by atoms with van der Waals surface area (Å²) in [6.45, 7) is 4.49. The molecule has 2 N–H and O–H groups in total. The van der Waals surface area contributed by atoms with E-state index in [4.69, 9.17) is 9.47 Å². The van der Waals surface area contributed by atoms with Crippen LogP contribution in [-0.4, -0.2) is 77.7 Å². The summed E-state index contributed by atoms with van der Waals surface area (Å²) in [5.41, 5.74) is 0.997. The van der Waals surface area contributed by atoms with E-state index < -0.39 is 5.82 Å². The second-order valence-electron chi connectivity index (χ2n) is 7.91. The minimum absolute atomic E-state index is 0.0319. The van der Waals surface area contributed by atoms with Gasteiger partial charge in [-0.1, -0.05) is 0 Å². The molecule has 0 radical (unpaired) electrons. The maximum absolute atomic E-state index is 14.4. The highest BCUT2D eigenvalue weighted by atomic mass is 19.1. The zero-order chi connectivity index (χ0) is 23.5. The Morgan fingerprint density at radius 1 is 1.18 bits per heavy atom. The number of ether oxygens (including phenoxy) is 2. The Hall–Kier alpha value is -3.66. The SMILES string of the molecule is COc1cc2c(Nc3c(F)ccc(O)c3C)ncnc2cc1OCC(=O)N1CCN(C)CC1. The highest BCUT2D eigenvalue weighted by Crippen LogP contribution is 2.36. The maximum Gasteiger partial charge on any atom is 0.260 e. The maximum atomic E-state index is 14.4. The molecule has 2 aromatic carbocycles. The number of halogens is 1. The molecule has 10 heteroatoms. The third kappa shape index (κ3) is 4.75. The zero-order valence-corrected chi connectivity index (χ0v) is 18.8. The van der Waals surface area contributed by atoms with Crippen molar-refractivity contribution >= 4 is 28.3 Å². The number of hydrogen-bond acceptors (Lipinski definition) is 8. The molecule has 0 spiro atoms. The number of aromatic hydroxyl groups is 1. The Morgan fingerprint density at radius 3 is 2.67 bits per heavy atom. The van der Waals surface area contributed by atoms with Crippen molar-refractivity contribution in [2.45, 2.75) is 6.92 Å². The van der Waals surface area contributed by atoms with Crippen LogP contribution in [0.3, 0.4) is 0 Å². The molecule has 0 saturated carbocycles. The van der Waals surface area contributed by atoms with Crippen molar-refractivity contribution in [1.29, 1.82) is 0 Å². The number of phenols is 1. The molecule has 1 aromatic heterocycles. The van der Waals surface area contributed by atoms with Gasteiger partial charge in [0.15, 0.2) is 18.1 Å². The molecule has 0 unspecified atom stereocenters. The van der Waals surface area contributed by atoms with Gasteiger partial charge in [-0.15, -0.1) is 0 Å². The fourth-order valence-electron chi connectivity index (χ4n) is 3.66. The lowest BCUT2D eigenvalue weighted by Crippen LogP contribution is -2.48. The number of likely N-dealkylation sites (N-methyl/N-ethyl adjacent to an activating group) is 1. The summed E-state index contributed by atoms with van der Waals surface area (Å²) in [5, 5.41) is 13.4. The van der Waals surface area contributed by atoms with E-state index in [9.17, 15) is 14.3 Å². The Bertz CT molecular complexity index is 1180. The van der Waals surface area contributed by atoms with Crippen LogP contribution in [0.15, 0.2) is 30.6 Å². The van der Waals surface area contributed by atoms with Gasteiger partial charge >= 0.3 is 0 Å². The molecule has 33 heavy (non-hydrogen) atoms. The number of phenolic OH excluding ortho intramolecular Hbond substituents is 1. The van der Waals surface area contributed by atoms with Gasteiger partial charge in [0.2, 0.25) is 0 Å². The third-order valence-corrected chi connectivity index (χ3v) is 5.76. The largest absolute Gasteiger partial charge is 0.508 e. The average Bonchev–Trinajstić information content (AvgIpc) is 2.82. The number of hydrogen-bond donors (Lipinski definition) is 2. The molecule has 9 nitrogen and oxygen atoms in total. The first kappa shape index (κ1) is 22.5. The Kier molecular flexibility index (Phi) is 6.45. The molecule has 0 atom stereocenters. The molecule has 1 aliphatic heterocycles. The number of nitrogens with one attached hydrogen (secondary N) is 1. The van der Waals surface area contributed by atoms with Crippen LogP contribution in [0.1, 0.15) is 5.56 Å². The lowest BCUT2D eigenvalue weighted by Gasteiger charge is -2.32. The standard InChI is InChI=1S/C23H26FN5O4/c1-14-18(30)5-4-16(24)22(14)27-23-15-10-19(32-3)20(11-17(15)25-13-26-23)33-12-21(31)29-8-6-28(2)7-9-29/h4-5,10-11,13,30H,6-9,12H2,1-3H3,(H,25,26,27). The number of aromatic nitrogens is 2. The first-order valence-electron chi connectivity index (χ1n) is 10.5. The van der Waals surface area contributed by atoms with Crippen LogP contribution < -0.4 is 14.8 Å². The molecule has 1 aliphatic rings. The summed E-state index contributed by atoms with van der Waals surface area (Å²) < 4.78 is 25.6. The van der Waals surface area contributed by atoms with Gasteiger partial charge in [0, 0.05) is 43.2 Å². The van der Waals surface area contributed by atoms with Crippen LogP contribution in [0.4, 0.5) is 15.9 Å². The fraction of sp³-hybridized carbons (Fsp3) is 0.348. The summed E-state index contributed by atoms with van der Waals surface area (Å²) in [5.74, 6) is 0.453. The summed E-state index contributed by atoms with van der Waals surface area (Å²) >= 11 is 0. The number of rotatable bonds is 6. The van der Waals surface area contributed by atoms with Crippen LogP contribution in [0.2, 0.25) is 0 Å². The number of piperazine rings is 1. The normalized spacial score (nSPS) is 14.4. The Morgan fingerprint density at radius 2 is 1.94 bits per heavy atom. The second-order valence-corrected chi connectivity index (χ2v) is 7.91. The van der Waals surface area contributed by atoms with Gasteiger partial charge in [-0.3, -0.25) is 4.79 Å². The summed E-state index contributed by atoms with van der Waals surface area (Å²) in [7, 11) is 3.52. The smallest absolute Gasteiger partial charge is 0.260 e. The van der Waals surface area contributed by atoms with Crippen molar-refractivity contribution in [3.05, 3.63) is 42.0 Å². The Labute approximate surface area is 190 Å². The number of amides is 1. The number of methoxy groups -OCH3 is 1. The van der Waals surface area contributed by atoms with Gasteiger partial charge in [0.1, 0.15) is 23.7 Å². The lowest BCUT2D eigenvalue weighted by molar-refractivity contribution is -0.134. The van der Waals surface area contributed by atoms with E-state index in [-0.39, 0.29) is 24.0 Å². The number of anilines is 2. The van der Waals surface area contributed by atoms with Crippen LogP contribution in [0, 0.1) is 12.7 Å². The monoisotopic (exact) mass is 455 g/mol. The molecule has 3 aromatic rings. The Balaban J connectivity index is 1.58. The van der Waals surface area contributed by atoms with E-state index in [0.29, 0.717) is 46.9 Å². The van der Waals surface area contributed by atoms with E-state index in [1.165, 1.54) is 25.6 Å². The molecule has 1 fully saturated rings. The minimum Gasteiger partial charge on any atom is -0.508 e. The lowest BCUT2D eigenvalue weighted by atomic mass is 10.1.